The first-order valence-electron chi connectivity index (χ1n) is 10.6. The van der Waals surface area contributed by atoms with E-state index < -0.39 is 10.7 Å². The highest BCUT2D eigenvalue weighted by molar-refractivity contribution is 5.21. The van der Waals surface area contributed by atoms with Crippen molar-refractivity contribution in [1.82, 2.24) is 9.80 Å². The summed E-state index contributed by atoms with van der Waals surface area (Å²) in [6.07, 6.45) is 8.26. The topological polar surface area (TPSA) is 77.3 Å². The summed E-state index contributed by atoms with van der Waals surface area (Å²) in [5.74, 6) is -0.0000906. The summed E-state index contributed by atoms with van der Waals surface area (Å²) in [5, 5.41) is 10.6. The molecule has 1 fully saturated rings. The molecular formula is C24H37N3O5. The van der Waals surface area contributed by atoms with Gasteiger partial charge in [-0.2, -0.15) is 0 Å². The average Bonchev–Trinajstić information content (AvgIpc) is 3.12. The normalized spacial score (nSPS) is 20.4. The number of nitrogens with zero attached hydrogens (tertiary/aromatic N) is 3. The highest BCUT2D eigenvalue weighted by Gasteiger charge is 2.36. The zero-order valence-corrected chi connectivity index (χ0v) is 19.8. The van der Waals surface area contributed by atoms with Gasteiger partial charge < -0.3 is 24.0 Å². The van der Waals surface area contributed by atoms with Crippen LogP contribution in [0, 0.1) is 10.1 Å². The molecule has 1 aliphatic heterocycles. The van der Waals surface area contributed by atoms with Gasteiger partial charge in [-0.05, 0) is 31.7 Å². The Labute approximate surface area is 192 Å². The second-order valence-corrected chi connectivity index (χ2v) is 7.95. The Morgan fingerprint density at radius 1 is 1.12 bits per heavy atom. The van der Waals surface area contributed by atoms with Gasteiger partial charge >= 0.3 is 0 Å². The van der Waals surface area contributed by atoms with Crippen molar-refractivity contribution in [2.24, 2.45) is 0 Å². The molecule has 0 saturated carbocycles. The summed E-state index contributed by atoms with van der Waals surface area (Å²) in [7, 11) is 3.79. The quantitative estimate of drug-likeness (QED) is 0.161. The zero-order chi connectivity index (χ0) is 24.3. The molecule has 0 bridgehead atoms. The van der Waals surface area contributed by atoms with E-state index in [1.165, 1.54) is 6.08 Å². The smallest absolute Gasteiger partial charge is 0.262 e. The van der Waals surface area contributed by atoms with E-state index in [0.29, 0.717) is 37.8 Å². The number of allylic oxidation sites excluding steroid dienone is 4. The first-order chi connectivity index (χ1) is 15.0. The molecule has 2 unspecified atom stereocenters. The minimum atomic E-state index is -0.538. The molecule has 2 atom stereocenters. The lowest BCUT2D eigenvalue weighted by atomic mass is 10.2. The molecule has 178 valence electrons. The zero-order valence-electron chi connectivity index (χ0n) is 19.8. The molecule has 0 aromatic carbocycles. The molecule has 0 N–H and O–H groups in total. The van der Waals surface area contributed by atoms with Gasteiger partial charge in [0.25, 0.3) is 5.70 Å². The Morgan fingerprint density at radius 3 is 2.22 bits per heavy atom. The number of hydrogen-bond acceptors (Lipinski definition) is 7. The van der Waals surface area contributed by atoms with Crippen LogP contribution in [0.2, 0.25) is 0 Å². The first-order valence-corrected chi connectivity index (χ1v) is 10.6. The van der Waals surface area contributed by atoms with E-state index in [9.17, 15) is 10.1 Å². The van der Waals surface area contributed by atoms with Gasteiger partial charge in [0.2, 0.25) is 0 Å². The summed E-state index contributed by atoms with van der Waals surface area (Å²) in [6.45, 7) is 21.5. The Morgan fingerprint density at radius 2 is 1.69 bits per heavy atom. The minimum Gasteiger partial charge on any atom is -0.491 e. The maximum Gasteiger partial charge on any atom is 0.262 e. The number of hydrogen-bond donors (Lipinski definition) is 0. The van der Waals surface area contributed by atoms with Crippen LogP contribution in [0.4, 0.5) is 0 Å². The van der Waals surface area contributed by atoms with E-state index in [-0.39, 0.29) is 11.8 Å². The molecule has 32 heavy (non-hydrogen) atoms. The van der Waals surface area contributed by atoms with Gasteiger partial charge in [-0.15, -0.1) is 0 Å². The van der Waals surface area contributed by atoms with E-state index in [4.69, 9.17) is 14.2 Å². The average molecular weight is 448 g/mol. The third kappa shape index (κ3) is 9.53. The molecule has 0 spiro atoms. The van der Waals surface area contributed by atoms with Crippen molar-refractivity contribution in [3.63, 3.8) is 0 Å². The largest absolute Gasteiger partial charge is 0.491 e. The Bertz CT molecular complexity index is 774. The second-order valence-electron chi connectivity index (χ2n) is 7.95. The molecule has 1 rings (SSSR count). The number of nitro groups is 1. The molecule has 8 nitrogen and oxygen atoms in total. The van der Waals surface area contributed by atoms with Gasteiger partial charge in [-0.3, -0.25) is 10.1 Å². The van der Waals surface area contributed by atoms with Crippen molar-refractivity contribution in [1.29, 1.82) is 0 Å². The van der Waals surface area contributed by atoms with Gasteiger partial charge in [0.1, 0.15) is 18.5 Å². The fraction of sp³-hybridized carbons (Fsp3) is 0.500. The molecule has 1 aliphatic rings. The summed E-state index contributed by atoms with van der Waals surface area (Å²) < 4.78 is 17.4. The summed E-state index contributed by atoms with van der Waals surface area (Å²) in [5.41, 5.74) is 1.26. The lowest BCUT2D eigenvalue weighted by Gasteiger charge is -2.25. The van der Waals surface area contributed by atoms with Gasteiger partial charge in [-0.25, -0.2) is 0 Å². The Balaban J connectivity index is 2.36. The number of likely N-dealkylation sites (N-methyl/N-ethyl adjacent to an activating group) is 2. The van der Waals surface area contributed by atoms with Crippen molar-refractivity contribution < 1.29 is 19.1 Å². The van der Waals surface area contributed by atoms with Crippen LogP contribution in [0.15, 0.2) is 73.5 Å². The van der Waals surface area contributed by atoms with Crippen LogP contribution in [0.3, 0.4) is 0 Å². The monoisotopic (exact) mass is 447 g/mol. The SMILES string of the molecule is C=C(/C=C\C(=C)N(C)CCN(C)C(=C)/C=C\C(=C)[N+](=O)[O-])OCC1COC(C)(CCC)O1. The lowest BCUT2D eigenvalue weighted by Crippen LogP contribution is -2.29. The molecule has 0 aromatic rings. The van der Waals surface area contributed by atoms with Crippen LogP contribution in [-0.4, -0.2) is 67.0 Å². The van der Waals surface area contributed by atoms with Crippen molar-refractivity contribution in [2.75, 3.05) is 40.4 Å². The molecule has 0 radical (unpaired) electrons. The molecule has 0 aromatic heterocycles. The molecule has 8 heteroatoms. The molecule has 1 saturated heterocycles. The Hall–Kier alpha value is -2.84. The third-order valence-electron chi connectivity index (χ3n) is 5.06. The molecule has 1 heterocycles. The van der Waals surface area contributed by atoms with Crippen molar-refractivity contribution in [2.45, 2.75) is 38.6 Å². The van der Waals surface area contributed by atoms with Gasteiger partial charge in [0, 0.05) is 51.1 Å². The van der Waals surface area contributed by atoms with E-state index in [1.54, 1.807) is 12.2 Å². The predicted octanol–water partition coefficient (Wildman–Crippen LogP) is 4.24. The molecule has 0 aliphatic carbocycles. The van der Waals surface area contributed by atoms with E-state index in [0.717, 1.165) is 18.5 Å². The maximum atomic E-state index is 10.6. The van der Waals surface area contributed by atoms with Crippen molar-refractivity contribution >= 4 is 0 Å². The lowest BCUT2D eigenvalue weighted by molar-refractivity contribution is -0.418. The third-order valence-corrected chi connectivity index (χ3v) is 5.06. The molecule has 0 amide bonds. The first kappa shape index (κ1) is 27.2. The fourth-order valence-electron chi connectivity index (χ4n) is 2.89. The fourth-order valence-corrected chi connectivity index (χ4v) is 2.89. The summed E-state index contributed by atoms with van der Waals surface area (Å²) in [4.78, 5) is 13.9. The Kier molecular flexibility index (Phi) is 10.9. The van der Waals surface area contributed by atoms with Crippen LogP contribution < -0.4 is 0 Å². The minimum absolute atomic E-state index is 0.109. The van der Waals surface area contributed by atoms with Crippen LogP contribution in [0.1, 0.15) is 26.7 Å². The standard InChI is InChI=1S/C24H37N3O5/c1-9-14-24(6)31-18-23(32-24)17-30-22(5)13-12-20(3)26(8)16-15-25(7)19(2)10-11-21(4)27(28)29/h10-13,23H,2-5,9,14-18H2,1,6-8H3/b11-10-,13-12-. The molecular weight excluding hydrogens is 410 g/mol. The van der Waals surface area contributed by atoms with Gasteiger partial charge in [0.15, 0.2) is 5.79 Å². The summed E-state index contributed by atoms with van der Waals surface area (Å²) >= 11 is 0. The van der Waals surface area contributed by atoms with E-state index in [1.807, 2.05) is 36.9 Å². The van der Waals surface area contributed by atoms with Gasteiger partial charge in [-0.1, -0.05) is 33.1 Å². The number of ether oxygens (including phenoxy) is 3. The maximum absolute atomic E-state index is 10.6. The van der Waals surface area contributed by atoms with Crippen LogP contribution in [0.25, 0.3) is 0 Å². The summed E-state index contributed by atoms with van der Waals surface area (Å²) in [6, 6.07) is 0. The van der Waals surface area contributed by atoms with Crippen LogP contribution in [0.5, 0.6) is 0 Å². The second kappa shape index (κ2) is 12.9. The van der Waals surface area contributed by atoms with Crippen molar-refractivity contribution in [3.8, 4) is 0 Å². The predicted molar refractivity (Wildman–Crippen MR) is 127 cm³/mol. The van der Waals surface area contributed by atoms with Crippen LogP contribution in [-0.2, 0) is 14.2 Å². The van der Waals surface area contributed by atoms with E-state index >= 15 is 0 Å². The highest BCUT2D eigenvalue weighted by Crippen LogP contribution is 2.28. The van der Waals surface area contributed by atoms with Gasteiger partial charge in [0.05, 0.1) is 11.5 Å². The highest BCUT2D eigenvalue weighted by atomic mass is 16.7. The number of rotatable bonds is 15. The van der Waals surface area contributed by atoms with E-state index in [2.05, 4.69) is 33.2 Å². The van der Waals surface area contributed by atoms with Crippen molar-refractivity contribution in [3.05, 3.63) is 83.6 Å². The van der Waals surface area contributed by atoms with Crippen LogP contribution >= 0.6 is 0 Å².